The second-order valence-corrected chi connectivity index (χ2v) is 8.66. The van der Waals surface area contributed by atoms with Crippen molar-refractivity contribution in [3.8, 4) is 11.3 Å². The highest BCUT2D eigenvalue weighted by Crippen LogP contribution is 2.29. The topological polar surface area (TPSA) is 58.3 Å². The van der Waals surface area contributed by atoms with Gasteiger partial charge in [-0.3, -0.25) is 4.98 Å². The van der Waals surface area contributed by atoms with Gasteiger partial charge < -0.3 is 4.98 Å². The first-order chi connectivity index (χ1) is 15.2. The summed E-state index contributed by atoms with van der Waals surface area (Å²) in [6.07, 6.45) is 5.39. The van der Waals surface area contributed by atoms with Gasteiger partial charge in [0, 0.05) is 43.8 Å². The van der Waals surface area contributed by atoms with Crippen LogP contribution < -0.4 is 4.80 Å². The van der Waals surface area contributed by atoms with Crippen LogP contribution in [0.25, 0.3) is 22.2 Å². The molecule has 0 aliphatic carbocycles. The second kappa shape index (κ2) is 8.45. The number of pyridine rings is 1. The molecule has 5 aromatic rings. The number of para-hydroxylation sites is 1. The van der Waals surface area contributed by atoms with Crippen molar-refractivity contribution in [1.29, 1.82) is 0 Å². The van der Waals surface area contributed by atoms with Crippen LogP contribution in [-0.2, 0) is 0 Å². The van der Waals surface area contributed by atoms with Gasteiger partial charge in [0.1, 0.15) is 0 Å². The maximum Gasteiger partial charge on any atom is 0.211 e. The summed E-state index contributed by atoms with van der Waals surface area (Å²) in [5.41, 5.74) is 6.06. The Balaban J connectivity index is 1.69. The summed E-state index contributed by atoms with van der Waals surface area (Å²) in [4.78, 5) is 13.2. The molecule has 0 atom stereocenters. The first kappa shape index (κ1) is 19.7. The summed E-state index contributed by atoms with van der Waals surface area (Å²) in [5, 5.41) is 8.10. The Morgan fingerprint density at radius 1 is 1.06 bits per heavy atom. The lowest BCUT2D eigenvalue weighted by atomic mass is 10.1. The Kier molecular flexibility index (Phi) is 5.36. The van der Waals surface area contributed by atoms with Crippen molar-refractivity contribution in [2.75, 3.05) is 0 Å². The van der Waals surface area contributed by atoms with Crippen LogP contribution in [0.5, 0.6) is 0 Å². The molecule has 0 aliphatic heterocycles. The van der Waals surface area contributed by atoms with E-state index < -0.39 is 0 Å². The number of benzene rings is 2. The van der Waals surface area contributed by atoms with Crippen molar-refractivity contribution in [2.24, 2.45) is 10.1 Å². The zero-order chi connectivity index (χ0) is 21.2. The van der Waals surface area contributed by atoms with E-state index in [2.05, 4.69) is 56.4 Å². The second-order valence-electron chi connectivity index (χ2n) is 6.97. The fourth-order valence-electron chi connectivity index (χ4n) is 3.45. The maximum atomic E-state index is 4.88. The minimum atomic E-state index is 0.771. The highest BCUT2D eigenvalue weighted by molar-refractivity contribution is 9.10. The number of aryl methyl sites for hydroxylation is 1. The number of hydrogen-bond acceptors (Lipinski definition) is 4. The van der Waals surface area contributed by atoms with Gasteiger partial charge in [-0.25, -0.2) is 9.67 Å². The van der Waals surface area contributed by atoms with E-state index in [0.29, 0.717) is 0 Å². The standard InChI is InChI=1S/C24H18BrN5S/c1-16-20(18-8-3-5-11-22(18)28-16)14-27-30-23(19-9-2-4-10-21(19)25)15-31-24(30)29-17-7-6-12-26-13-17/h2-15,28H,1H3. The molecular formula is C24H18BrN5S. The van der Waals surface area contributed by atoms with Gasteiger partial charge in [-0.2, -0.15) is 5.10 Å². The molecule has 7 heteroatoms. The van der Waals surface area contributed by atoms with Crippen LogP contribution in [-0.4, -0.2) is 20.9 Å². The smallest absolute Gasteiger partial charge is 0.211 e. The molecule has 3 aromatic heterocycles. The molecule has 31 heavy (non-hydrogen) atoms. The van der Waals surface area contributed by atoms with Gasteiger partial charge >= 0.3 is 0 Å². The van der Waals surface area contributed by atoms with Crippen LogP contribution in [0, 0.1) is 6.92 Å². The molecule has 0 saturated heterocycles. The quantitative estimate of drug-likeness (QED) is 0.298. The Labute approximate surface area is 191 Å². The third kappa shape index (κ3) is 3.89. The van der Waals surface area contributed by atoms with Gasteiger partial charge in [0.05, 0.1) is 23.8 Å². The molecule has 5 nitrogen and oxygen atoms in total. The third-order valence-electron chi connectivity index (χ3n) is 4.95. The number of aromatic nitrogens is 3. The molecule has 0 bridgehead atoms. The summed E-state index contributed by atoms with van der Waals surface area (Å²) in [6, 6.07) is 20.2. The van der Waals surface area contributed by atoms with Crippen LogP contribution in [0.1, 0.15) is 11.3 Å². The average molecular weight is 488 g/mol. The number of thiazole rings is 1. The molecule has 0 aliphatic rings. The van der Waals surface area contributed by atoms with Crippen molar-refractivity contribution in [3.63, 3.8) is 0 Å². The summed E-state index contributed by atoms with van der Waals surface area (Å²) < 4.78 is 2.90. The fraction of sp³-hybridized carbons (Fsp3) is 0.0417. The van der Waals surface area contributed by atoms with E-state index in [9.17, 15) is 0 Å². The lowest BCUT2D eigenvalue weighted by Crippen LogP contribution is -2.11. The summed E-state index contributed by atoms with van der Waals surface area (Å²) in [5.74, 6) is 0. The Hall–Kier alpha value is -3.29. The first-order valence-corrected chi connectivity index (χ1v) is 11.4. The Morgan fingerprint density at radius 3 is 2.74 bits per heavy atom. The first-order valence-electron chi connectivity index (χ1n) is 9.72. The SMILES string of the molecule is Cc1[nH]c2ccccc2c1C=Nn1c(-c2ccccc2Br)csc1=Nc1cccnc1. The van der Waals surface area contributed by atoms with Crippen LogP contribution in [0.15, 0.2) is 93.0 Å². The van der Waals surface area contributed by atoms with Crippen molar-refractivity contribution >= 4 is 50.1 Å². The molecule has 0 spiro atoms. The molecule has 3 heterocycles. The predicted octanol–water partition coefficient (Wildman–Crippen LogP) is 6.28. The average Bonchev–Trinajstić information content (AvgIpc) is 3.33. The number of nitrogens with one attached hydrogen (secondary N) is 1. The molecule has 1 N–H and O–H groups in total. The maximum absolute atomic E-state index is 4.88. The lowest BCUT2D eigenvalue weighted by molar-refractivity contribution is 0.854. The molecule has 0 unspecified atom stereocenters. The zero-order valence-corrected chi connectivity index (χ0v) is 19.1. The predicted molar refractivity (Wildman–Crippen MR) is 131 cm³/mol. The molecular weight excluding hydrogens is 470 g/mol. The fourth-order valence-corrected chi connectivity index (χ4v) is 4.79. The van der Waals surface area contributed by atoms with Gasteiger partial charge in [-0.05, 0) is 31.2 Å². The van der Waals surface area contributed by atoms with Crippen molar-refractivity contribution in [2.45, 2.75) is 6.92 Å². The highest BCUT2D eigenvalue weighted by Gasteiger charge is 2.11. The normalized spacial score (nSPS) is 12.3. The van der Waals surface area contributed by atoms with Gasteiger partial charge in [-0.1, -0.05) is 52.3 Å². The number of H-pyrrole nitrogens is 1. The van der Waals surface area contributed by atoms with Crippen molar-refractivity contribution < 1.29 is 0 Å². The van der Waals surface area contributed by atoms with E-state index in [1.165, 1.54) is 0 Å². The number of rotatable bonds is 4. The molecule has 2 aromatic carbocycles. The number of fused-ring (bicyclic) bond motifs is 1. The van der Waals surface area contributed by atoms with Crippen molar-refractivity contribution in [3.05, 3.63) is 99.0 Å². The molecule has 0 radical (unpaired) electrons. The van der Waals surface area contributed by atoms with Crippen LogP contribution >= 0.6 is 27.3 Å². The zero-order valence-electron chi connectivity index (χ0n) is 16.7. The van der Waals surface area contributed by atoms with Crippen LogP contribution in [0.3, 0.4) is 0 Å². The summed E-state index contributed by atoms with van der Waals surface area (Å²) >= 11 is 5.22. The number of halogens is 1. The monoisotopic (exact) mass is 487 g/mol. The summed E-state index contributed by atoms with van der Waals surface area (Å²) in [7, 11) is 0. The van der Waals surface area contributed by atoms with Crippen LogP contribution in [0.2, 0.25) is 0 Å². The van der Waals surface area contributed by atoms with E-state index in [-0.39, 0.29) is 0 Å². The minimum Gasteiger partial charge on any atom is -0.358 e. The van der Waals surface area contributed by atoms with E-state index in [4.69, 9.17) is 10.1 Å². The molecule has 152 valence electrons. The van der Waals surface area contributed by atoms with Gasteiger partial charge in [0.2, 0.25) is 4.80 Å². The van der Waals surface area contributed by atoms with Crippen LogP contribution in [0.4, 0.5) is 5.69 Å². The number of hydrogen-bond donors (Lipinski definition) is 1. The molecule has 0 fully saturated rings. The van der Waals surface area contributed by atoms with E-state index in [1.807, 2.05) is 53.4 Å². The van der Waals surface area contributed by atoms with Crippen molar-refractivity contribution in [1.82, 2.24) is 14.6 Å². The van der Waals surface area contributed by atoms with E-state index in [1.54, 1.807) is 23.7 Å². The highest BCUT2D eigenvalue weighted by atomic mass is 79.9. The van der Waals surface area contributed by atoms with Gasteiger partial charge in [-0.15, -0.1) is 11.3 Å². The van der Waals surface area contributed by atoms with Gasteiger partial charge in [0.25, 0.3) is 0 Å². The number of nitrogens with zero attached hydrogens (tertiary/aromatic N) is 4. The third-order valence-corrected chi connectivity index (χ3v) is 6.46. The molecule has 0 saturated carbocycles. The Morgan fingerprint density at radius 2 is 1.90 bits per heavy atom. The molecule has 0 amide bonds. The minimum absolute atomic E-state index is 0.771. The molecule has 5 rings (SSSR count). The largest absolute Gasteiger partial charge is 0.358 e. The van der Waals surface area contributed by atoms with E-state index >= 15 is 0 Å². The van der Waals surface area contributed by atoms with Gasteiger partial charge in [0.15, 0.2) is 0 Å². The lowest BCUT2D eigenvalue weighted by Gasteiger charge is -2.06. The number of aromatic amines is 1. The van der Waals surface area contributed by atoms with E-state index in [0.717, 1.165) is 48.4 Å². The summed E-state index contributed by atoms with van der Waals surface area (Å²) in [6.45, 7) is 2.06. The Bertz CT molecular complexity index is 1460.